The summed E-state index contributed by atoms with van der Waals surface area (Å²) in [6.07, 6.45) is 0. The van der Waals surface area contributed by atoms with Crippen LogP contribution in [0.15, 0.2) is 86.3 Å². The fourth-order valence-corrected chi connectivity index (χ4v) is 6.39. The van der Waals surface area contributed by atoms with Crippen LogP contribution in [-0.4, -0.2) is 0 Å². The maximum Gasteiger partial charge on any atom is 0.161 e. The highest BCUT2D eigenvalue weighted by Gasteiger charge is 2.28. The van der Waals surface area contributed by atoms with E-state index in [1.54, 1.807) is 12.1 Å². The number of nitrogens with zero attached hydrogens (tertiary/aromatic N) is 2. The lowest BCUT2D eigenvalue weighted by atomic mass is 10.1. The molecule has 0 bridgehead atoms. The number of nitriles is 2. The van der Waals surface area contributed by atoms with Gasteiger partial charge in [-0.05, 0) is 55.3 Å². The lowest BCUT2D eigenvalue weighted by Gasteiger charge is -2.20. The van der Waals surface area contributed by atoms with E-state index < -0.39 is 0 Å². The molecule has 0 saturated carbocycles. The minimum Gasteiger partial charge on any atom is -0.454 e. The second-order valence-corrected chi connectivity index (χ2v) is 10.9. The van der Waals surface area contributed by atoms with E-state index in [4.69, 9.17) is 39.5 Å². The first kappa shape index (κ1) is 26.3. The highest BCUT2D eigenvalue weighted by molar-refractivity contribution is 8.02. The zero-order chi connectivity index (χ0) is 25.8. The molecule has 0 aliphatic rings. The second kappa shape index (κ2) is 11.5. The molecule has 0 saturated heterocycles. The van der Waals surface area contributed by atoms with Crippen LogP contribution in [0.2, 0.25) is 15.1 Å². The Morgan fingerprint density at radius 1 is 0.694 bits per heavy atom. The molecule has 0 fully saturated rings. The largest absolute Gasteiger partial charge is 0.454 e. The van der Waals surface area contributed by atoms with Crippen molar-refractivity contribution in [1.29, 1.82) is 10.5 Å². The first-order chi connectivity index (χ1) is 17.3. The molecule has 3 nitrogen and oxygen atoms in total. The molecule has 0 aromatic heterocycles. The van der Waals surface area contributed by atoms with Crippen molar-refractivity contribution < 1.29 is 4.74 Å². The highest BCUT2D eigenvalue weighted by Crippen LogP contribution is 2.53. The van der Waals surface area contributed by atoms with Crippen molar-refractivity contribution in [3.05, 3.63) is 104 Å². The molecule has 0 atom stereocenters. The van der Waals surface area contributed by atoms with E-state index in [0.717, 1.165) is 20.9 Å². The Bertz CT molecular complexity index is 1560. The van der Waals surface area contributed by atoms with Crippen LogP contribution >= 0.6 is 58.3 Å². The van der Waals surface area contributed by atoms with Gasteiger partial charge in [-0.15, -0.1) is 0 Å². The SMILES string of the molecule is Cc1cccc(Oc2c(C#N)c(C#N)c(Cl)c(Sc3ccccc3Cl)c2Sc2ccccc2Cl)c1C. The van der Waals surface area contributed by atoms with Crippen molar-refractivity contribution in [2.24, 2.45) is 0 Å². The normalized spacial score (nSPS) is 10.5. The molecule has 0 radical (unpaired) electrons. The number of hydrogen-bond acceptors (Lipinski definition) is 5. The van der Waals surface area contributed by atoms with E-state index in [0.29, 0.717) is 25.6 Å². The van der Waals surface area contributed by atoms with E-state index in [2.05, 4.69) is 12.1 Å². The first-order valence-corrected chi connectivity index (χ1v) is 13.4. The number of aryl methyl sites for hydroxylation is 1. The summed E-state index contributed by atoms with van der Waals surface area (Å²) in [7, 11) is 0. The van der Waals surface area contributed by atoms with Crippen LogP contribution in [0.3, 0.4) is 0 Å². The number of benzene rings is 4. The van der Waals surface area contributed by atoms with E-state index >= 15 is 0 Å². The van der Waals surface area contributed by atoms with Gasteiger partial charge in [0.1, 0.15) is 23.5 Å². The standard InChI is InChI=1S/C28H17Cl3N2OS2/c1-16-8-7-11-22(17(16)2)34-26-19(15-33)18(14-32)25(31)27(35-23-12-5-3-9-20(23)29)28(26)36-24-13-6-4-10-21(24)30/h3-13H,1-2H3. The Balaban J connectivity index is 2.03. The Labute approximate surface area is 233 Å². The summed E-state index contributed by atoms with van der Waals surface area (Å²) in [5, 5.41) is 21.3. The molecular formula is C28H17Cl3N2OS2. The van der Waals surface area contributed by atoms with E-state index in [1.165, 1.54) is 23.5 Å². The lowest BCUT2D eigenvalue weighted by molar-refractivity contribution is 0.462. The Morgan fingerprint density at radius 3 is 1.81 bits per heavy atom. The van der Waals surface area contributed by atoms with E-state index in [-0.39, 0.29) is 21.9 Å². The number of rotatable bonds is 6. The van der Waals surface area contributed by atoms with Crippen LogP contribution in [0.25, 0.3) is 0 Å². The van der Waals surface area contributed by atoms with Gasteiger partial charge in [-0.1, -0.05) is 94.7 Å². The molecule has 36 heavy (non-hydrogen) atoms. The van der Waals surface area contributed by atoms with Crippen LogP contribution in [0, 0.1) is 36.5 Å². The summed E-state index contributed by atoms with van der Waals surface area (Å²) in [5.41, 5.74) is 2.05. The molecule has 4 aromatic rings. The van der Waals surface area contributed by atoms with E-state index in [9.17, 15) is 10.5 Å². The Hall–Kier alpha value is -2.77. The first-order valence-electron chi connectivity index (χ1n) is 10.6. The highest BCUT2D eigenvalue weighted by atomic mass is 35.5. The Morgan fingerprint density at radius 2 is 1.25 bits per heavy atom. The van der Waals surface area contributed by atoms with Gasteiger partial charge < -0.3 is 4.74 Å². The molecule has 0 aliphatic carbocycles. The van der Waals surface area contributed by atoms with Crippen LogP contribution in [0.5, 0.6) is 11.5 Å². The zero-order valence-corrected chi connectivity index (χ0v) is 23.0. The molecule has 0 N–H and O–H groups in total. The molecule has 4 rings (SSSR count). The average Bonchev–Trinajstić information content (AvgIpc) is 2.87. The molecular weight excluding hydrogens is 551 g/mol. The van der Waals surface area contributed by atoms with Crippen LogP contribution in [0.4, 0.5) is 0 Å². The Kier molecular flexibility index (Phi) is 8.42. The fraction of sp³-hybridized carbons (Fsp3) is 0.0714. The van der Waals surface area contributed by atoms with Gasteiger partial charge in [0.2, 0.25) is 0 Å². The molecule has 0 unspecified atom stereocenters. The lowest BCUT2D eigenvalue weighted by Crippen LogP contribution is -2.00. The zero-order valence-electron chi connectivity index (χ0n) is 19.1. The second-order valence-electron chi connectivity index (χ2n) is 7.64. The summed E-state index contributed by atoms with van der Waals surface area (Å²) >= 11 is 22.4. The van der Waals surface area contributed by atoms with Gasteiger partial charge in [0.25, 0.3) is 0 Å². The monoisotopic (exact) mass is 566 g/mol. The van der Waals surface area contributed by atoms with Gasteiger partial charge >= 0.3 is 0 Å². The summed E-state index contributed by atoms with van der Waals surface area (Å²) in [4.78, 5) is 2.60. The summed E-state index contributed by atoms with van der Waals surface area (Å²) < 4.78 is 6.42. The molecule has 0 amide bonds. The van der Waals surface area contributed by atoms with Crippen molar-refractivity contribution in [3.63, 3.8) is 0 Å². The molecule has 0 spiro atoms. The maximum absolute atomic E-state index is 10.1. The quantitative estimate of drug-likeness (QED) is 0.232. The topological polar surface area (TPSA) is 56.8 Å². The predicted octanol–water partition coefficient (Wildman–Crippen LogP) is 10.1. The summed E-state index contributed by atoms with van der Waals surface area (Å²) in [6.45, 7) is 3.92. The van der Waals surface area contributed by atoms with Crippen LogP contribution < -0.4 is 4.74 Å². The number of halogens is 3. The maximum atomic E-state index is 10.1. The van der Waals surface area contributed by atoms with Crippen molar-refractivity contribution in [1.82, 2.24) is 0 Å². The third kappa shape index (κ3) is 5.32. The van der Waals surface area contributed by atoms with Crippen molar-refractivity contribution in [2.75, 3.05) is 0 Å². The van der Waals surface area contributed by atoms with Gasteiger partial charge in [-0.3, -0.25) is 0 Å². The predicted molar refractivity (Wildman–Crippen MR) is 148 cm³/mol. The van der Waals surface area contributed by atoms with Gasteiger partial charge in [-0.25, -0.2) is 0 Å². The van der Waals surface area contributed by atoms with E-state index in [1.807, 2.05) is 68.4 Å². The smallest absolute Gasteiger partial charge is 0.161 e. The van der Waals surface area contributed by atoms with Gasteiger partial charge in [-0.2, -0.15) is 10.5 Å². The molecule has 8 heteroatoms. The minimum absolute atomic E-state index is 0.0394. The third-order valence-electron chi connectivity index (χ3n) is 5.40. The summed E-state index contributed by atoms with van der Waals surface area (Å²) in [5.74, 6) is 0.819. The molecule has 4 aromatic carbocycles. The van der Waals surface area contributed by atoms with Crippen LogP contribution in [0.1, 0.15) is 22.3 Å². The number of hydrogen-bond donors (Lipinski definition) is 0. The minimum atomic E-state index is 0.0394. The van der Waals surface area contributed by atoms with Crippen molar-refractivity contribution in [3.8, 4) is 23.6 Å². The average molecular weight is 568 g/mol. The van der Waals surface area contributed by atoms with Crippen molar-refractivity contribution >= 4 is 58.3 Å². The molecule has 0 heterocycles. The van der Waals surface area contributed by atoms with Gasteiger partial charge in [0, 0.05) is 9.79 Å². The molecule has 178 valence electrons. The molecule has 0 aliphatic heterocycles. The van der Waals surface area contributed by atoms with Crippen molar-refractivity contribution in [2.45, 2.75) is 33.4 Å². The van der Waals surface area contributed by atoms with Gasteiger partial charge in [0.05, 0.1) is 30.4 Å². The fourth-order valence-electron chi connectivity index (χ4n) is 3.37. The summed E-state index contributed by atoms with van der Waals surface area (Å²) in [6, 6.07) is 24.6. The number of ether oxygens (including phenoxy) is 1. The third-order valence-corrected chi connectivity index (χ3v) is 9.26. The van der Waals surface area contributed by atoms with Crippen LogP contribution in [-0.2, 0) is 0 Å². The van der Waals surface area contributed by atoms with Gasteiger partial charge in [0.15, 0.2) is 5.75 Å².